The first-order chi connectivity index (χ1) is 10.1. The van der Waals surface area contributed by atoms with Gasteiger partial charge in [0, 0.05) is 12.4 Å². The van der Waals surface area contributed by atoms with Gasteiger partial charge < -0.3 is 10.4 Å². The Balaban J connectivity index is 2.03. The minimum Gasteiger partial charge on any atom is -0.478 e. The second-order valence-electron chi connectivity index (χ2n) is 4.38. The maximum Gasteiger partial charge on any atom is 0.337 e. The van der Waals surface area contributed by atoms with E-state index in [-0.39, 0.29) is 17.2 Å². The number of carboxylic acids is 1. The van der Waals surface area contributed by atoms with E-state index >= 15 is 0 Å². The van der Waals surface area contributed by atoms with Gasteiger partial charge in [-0.15, -0.1) is 0 Å². The number of amides is 1. The molecule has 0 spiro atoms. The maximum atomic E-state index is 11.9. The molecule has 108 valence electrons. The Bertz CT molecular complexity index is 653. The Kier molecular flexibility index (Phi) is 4.61. The van der Waals surface area contributed by atoms with E-state index in [0.717, 1.165) is 23.9 Å². The van der Waals surface area contributed by atoms with E-state index in [1.54, 1.807) is 6.20 Å². The average Bonchev–Trinajstić information content (AvgIpc) is 2.52. The summed E-state index contributed by atoms with van der Waals surface area (Å²) in [5, 5.41) is 11.5. The van der Waals surface area contributed by atoms with Gasteiger partial charge in [-0.1, -0.05) is 13.0 Å². The molecule has 2 aromatic rings. The number of nitrogens with one attached hydrogen (secondary N) is 1. The molecule has 2 N–H and O–H groups in total. The fourth-order valence-corrected chi connectivity index (χ4v) is 1.86. The number of pyridine rings is 2. The van der Waals surface area contributed by atoms with Crippen molar-refractivity contribution in [2.24, 2.45) is 0 Å². The summed E-state index contributed by atoms with van der Waals surface area (Å²) in [6, 6.07) is 6.56. The molecule has 0 bridgehead atoms. The van der Waals surface area contributed by atoms with Crippen LogP contribution in [0.3, 0.4) is 0 Å². The zero-order valence-corrected chi connectivity index (χ0v) is 11.5. The highest BCUT2D eigenvalue weighted by Crippen LogP contribution is 2.06. The lowest BCUT2D eigenvalue weighted by Crippen LogP contribution is -2.25. The van der Waals surface area contributed by atoms with Crippen LogP contribution in [-0.2, 0) is 13.0 Å². The first-order valence-corrected chi connectivity index (χ1v) is 6.52. The standard InChI is InChI=1S/C15H15N3O3/c1-2-10-4-3-7-16-13(10)9-18-14(19)12-6-5-11(8-17-12)15(20)21/h3-8H,2,9H2,1H3,(H,18,19)(H,20,21). The van der Waals surface area contributed by atoms with Crippen LogP contribution < -0.4 is 5.32 Å². The molecule has 0 unspecified atom stereocenters. The fourth-order valence-electron chi connectivity index (χ4n) is 1.86. The van der Waals surface area contributed by atoms with Crippen molar-refractivity contribution in [3.8, 4) is 0 Å². The van der Waals surface area contributed by atoms with E-state index in [0.29, 0.717) is 6.54 Å². The molecule has 0 aliphatic carbocycles. The minimum absolute atomic E-state index is 0.0459. The molecule has 0 saturated carbocycles. The van der Waals surface area contributed by atoms with Gasteiger partial charge in [0.15, 0.2) is 0 Å². The van der Waals surface area contributed by atoms with Gasteiger partial charge in [0.2, 0.25) is 0 Å². The van der Waals surface area contributed by atoms with Crippen molar-refractivity contribution in [3.63, 3.8) is 0 Å². The van der Waals surface area contributed by atoms with Crippen LogP contribution in [0.1, 0.15) is 39.0 Å². The SMILES string of the molecule is CCc1cccnc1CNC(=O)c1ccc(C(=O)O)cn1. The van der Waals surface area contributed by atoms with Gasteiger partial charge in [0.1, 0.15) is 5.69 Å². The molecule has 2 aromatic heterocycles. The predicted molar refractivity (Wildman–Crippen MR) is 76.0 cm³/mol. The van der Waals surface area contributed by atoms with Crippen molar-refractivity contribution in [1.82, 2.24) is 15.3 Å². The normalized spacial score (nSPS) is 10.1. The van der Waals surface area contributed by atoms with Crippen LogP contribution in [0, 0.1) is 0 Å². The molecule has 0 fully saturated rings. The third-order valence-electron chi connectivity index (χ3n) is 3.02. The molecule has 0 saturated heterocycles. The van der Waals surface area contributed by atoms with Crippen molar-refractivity contribution in [2.75, 3.05) is 0 Å². The lowest BCUT2D eigenvalue weighted by atomic mass is 10.1. The number of aromatic carboxylic acids is 1. The quantitative estimate of drug-likeness (QED) is 0.871. The third kappa shape index (κ3) is 3.62. The molecule has 0 aliphatic rings. The van der Waals surface area contributed by atoms with Gasteiger partial charge in [-0.05, 0) is 30.2 Å². The van der Waals surface area contributed by atoms with Crippen LogP contribution >= 0.6 is 0 Å². The predicted octanol–water partition coefficient (Wildman–Crippen LogP) is 1.67. The van der Waals surface area contributed by atoms with Crippen molar-refractivity contribution >= 4 is 11.9 Å². The van der Waals surface area contributed by atoms with E-state index in [1.807, 2.05) is 19.1 Å². The summed E-state index contributed by atoms with van der Waals surface area (Å²) in [5.74, 6) is -1.44. The molecule has 2 heterocycles. The molecule has 0 aromatic carbocycles. The molecule has 2 rings (SSSR count). The first-order valence-electron chi connectivity index (χ1n) is 6.52. The summed E-state index contributed by atoms with van der Waals surface area (Å²) < 4.78 is 0. The Hall–Kier alpha value is -2.76. The number of hydrogen-bond donors (Lipinski definition) is 2. The zero-order valence-electron chi connectivity index (χ0n) is 11.5. The highest BCUT2D eigenvalue weighted by molar-refractivity contribution is 5.93. The summed E-state index contributed by atoms with van der Waals surface area (Å²) in [6.07, 6.45) is 3.68. The van der Waals surface area contributed by atoms with Crippen LogP contribution in [0.15, 0.2) is 36.7 Å². The van der Waals surface area contributed by atoms with Crippen LogP contribution in [0.25, 0.3) is 0 Å². The van der Waals surface area contributed by atoms with Crippen LogP contribution in [-0.4, -0.2) is 27.0 Å². The summed E-state index contributed by atoms with van der Waals surface area (Å²) in [7, 11) is 0. The highest BCUT2D eigenvalue weighted by Gasteiger charge is 2.10. The fraction of sp³-hybridized carbons (Fsp3) is 0.200. The zero-order chi connectivity index (χ0) is 15.2. The number of aryl methyl sites for hydroxylation is 1. The van der Waals surface area contributed by atoms with Gasteiger partial charge in [0.25, 0.3) is 5.91 Å². The Morgan fingerprint density at radius 1 is 1.24 bits per heavy atom. The van der Waals surface area contributed by atoms with E-state index in [1.165, 1.54) is 12.1 Å². The monoisotopic (exact) mass is 285 g/mol. The molecule has 6 heteroatoms. The largest absolute Gasteiger partial charge is 0.478 e. The van der Waals surface area contributed by atoms with Crippen LogP contribution in [0.5, 0.6) is 0 Å². The second-order valence-corrected chi connectivity index (χ2v) is 4.38. The van der Waals surface area contributed by atoms with Crippen molar-refractivity contribution in [2.45, 2.75) is 19.9 Å². The Morgan fingerprint density at radius 3 is 2.67 bits per heavy atom. The molecule has 21 heavy (non-hydrogen) atoms. The van der Waals surface area contributed by atoms with E-state index in [9.17, 15) is 9.59 Å². The summed E-state index contributed by atoms with van der Waals surface area (Å²) in [6.45, 7) is 2.33. The van der Waals surface area contributed by atoms with Gasteiger partial charge in [-0.3, -0.25) is 14.8 Å². The molecule has 0 atom stereocenters. The lowest BCUT2D eigenvalue weighted by molar-refractivity contribution is 0.0695. The smallest absolute Gasteiger partial charge is 0.337 e. The second kappa shape index (κ2) is 6.60. The van der Waals surface area contributed by atoms with Gasteiger partial charge in [-0.2, -0.15) is 0 Å². The Labute approximate surface area is 121 Å². The number of aromatic nitrogens is 2. The van der Waals surface area contributed by atoms with Crippen molar-refractivity contribution < 1.29 is 14.7 Å². The van der Waals surface area contributed by atoms with Gasteiger partial charge in [-0.25, -0.2) is 4.79 Å². The summed E-state index contributed by atoms with van der Waals surface area (Å²) >= 11 is 0. The van der Waals surface area contributed by atoms with E-state index in [2.05, 4.69) is 15.3 Å². The van der Waals surface area contributed by atoms with Crippen LogP contribution in [0.2, 0.25) is 0 Å². The average molecular weight is 285 g/mol. The first kappa shape index (κ1) is 14.6. The summed E-state index contributed by atoms with van der Waals surface area (Å²) in [5.41, 5.74) is 2.11. The Morgan fingerprint density at radius 2 is 2.05 bits per heavy atom. The molecule has 0 radical (unpaired) electrons. The number of carbonyl (C=O) groups is 2. The van der Waals surface area contributed by atoms with Gasteiger partial charge >= 0.3 is 5.97 Å². The lowest BCUT2D eigenvalue weighted by Gasteiger charge is -2.08. The third-order valence-corrected chi connectivity index (χ3v) is 3.02. The number of carbonyl (C=O) groups excluding carboxylic acids is 1. The maximum absolute atomic E-state index is 11.9. The summed E-state index contributed by atoms with van der Waals surface area (Å²) in [4.78, 5) is 30.7. The molecule has 1 amide bonds. The van der Waals surface area contributed by atoms with Crippen molar-refractivity contribution in [1.29, 1.82) is 0 Å². The van der Waals surface area contributed by atoms with E-state index < -0.39 is 5.97 Å². The highest BCUT2D eigenvalue weighted by atomic mass is 16.4. The molecule has 6 nitrogen and oxygen atoms in total. The molecular weight excluding hydrogens is 270 g/mol. The molecule has 0 aliphatic heterocycles. The number of hydrogen-bond acceptors (Lipinski definition) is 4. The molecular formula is C15H15N3O3. The number of carboxylic acid groups (broad SMARTS) is 1. The minimum atomic E-state index is -1.07. The van der Waals surface area contributed by atoms with Gasteiger partial charge in [0.05, 0.1) is 17.8 Å². The number of nitrogens with zero attached hydrogens (tertiary/aromatic N) is 2. The number of rotatable bonds is 5. The van der Waals surface area contributed by atoms with Crippen LogP contribution in [0.4, 0.5) is 0 Å². The van der Waals surface area contributed by atoms with Crippen molar-refractivity contribution in [3.05, 3.63) is 59.2 Å². The van der Waals surface area contributed by atoms with E-state index in [4.69, 9.17) is 5.11 Å². The topological polar surface area (TPSA) is 92.2 Å².